The van der Waals surface area contributed by atoms with Crippen LogP contribution in [0.5, 0.6) is 0 Å². The predicted octanol–water partition coefficient (Wildman–Crippen LogP) is 1.38. The average molecular weight is 212 g/mol. The molecule has 1 aromatic carbocycles. The van der Waals surface area contributed by atoms with Crippen LogP contribution in [-0.4, -0.2) is 14.7 Å². The van der Waals surface area contributed by atoms with Gasteiger partial charge in [0.2, 0.25) is 0 Å². The summed E-state index contributed by atoms with van der Waals surface area (Å²) in [6.07, 6.45) is 2.58. The third kappa shape index (κ3) is 3.97. The summed E-state index contributed by atoms with van der Waals surface area (Å²) in [6.45, 7) is 0. The van der Waals surface area contributed by atoms with Gasteiger partial charge in [0, 0.05) is 6.08 Å². The average Bonchev–Trinajstić information content (AvgIpc) is 2.15. The second-order valence-electron chi connectivity index (χ2n) is 2.36. The molecule has 1 atom stereocenters. The van der Waals surface area contributed by atoms with Gasteiger partial charge in [-0.2, -0.15) is 4.21 Å². The van der Waals surface area contributed by atoms with E-state index in [1.807, 2.05) is 18.2 Å². The van der Waals surface area contributed by atoms with Crippen molar-refractivity contribution < 1.29 is 17.7 Å². The second-order valence-corrected chi connectivity index (χ2v) is 2.96. The van der Waals surface area contributed by atoms with Gasteiger partial charge in [0.1, 0.15) is 0 Å². The van der Waals surface area contributed by atoms with Crippen LogP contribution in [0.2, 0.25) is 0 Å². The predicted molar refractivity (Wildman–Crippen MR) is 52.3 cm³/mol. The molecular formula is C9H8O4S. The van der Waals surface area contributed by atoms with Gasteiger partial charge in [-0.3, -0.25) is 4.55 Å². The molecule has 14 heavy (non-hydrogen) atoms. The van der Waals surface area contributed by atoms with Crippen molar-refractivity contribution in [1.29, 1.82) is 0 Å². The maximum absolute atomic E-state index is 10.8. The smallest absolute Gasteiger partial charge is 0.340 e. The van der Waals surface area contributed by atoms with Gasteiger partial charge in [-0.05, 0) is 11.6 Å². The van der Waals surface area contributed by atoms with Gasteiger partial charge in [-0.25, -0.2) is 4.79 Å². The van der Waals surface area contributed by atoms with E-state index in [1.54, 1.807) is 12.1 Å². The zero-order valence-corrected chi connectivity index (χ0v) is 7.94. The van der Waals surface area contributed by atoms with Crippen molar-refractivity contribution in [2.75, 3.05) is 0 Å². The number of carbonyl (C=O) groups excluding carboxylic acids is 1. The normalized spacial score (nSPS) is 12.6. The number of carbonyl (C=O) groups is 1. The molecule has 0 radical (unpaired) electrons. The Hall–Kier alpha value is -1.46. The fourth-order valence-electron chi connectivity index (χ4n) is 0.826. The molecule has 1 N–H and O–H groups in total. The molecular weight excluding hydrogens is 204 g/mol. The Morgan fingerprint density at radius 3 is 2.57 bits per heavy atom. The van der Waals surface area contributed by atoms with E-state index in [0.29, 0.717) is 0 Å². The van der Waals surface area contributed by atoms with E-state index < -0.39 is 17.3 Å². The maximum Gasteiger partial charge on any atom is 0.360 e. The van der Waals surface area contributed by atoms with Crippen molar-refractivity contribution in [3.8, 4) is 0 Å². The minimum Gasteiger partial charge on any atom is -0.340 e. The van der Waals surface area contributed by atoms with Gasteiger partial charge in [-0.15, -0.1) is 0 Å². The zero-order valence-electron chi connectivity index (χ0n) is 7.12. The zero-order chi connectivity index (χ0) is 10.4. The fraction of sp³-hybridized carbons (Fsp3) is 0. The molecule has 0 aromatic heterocycles. The lowest BCUT2D eigenvalue weighted by atomic mass is 10.2. The van der Waals surface area contributed by atoms with Gasteiger partial charge < -0.3 is 4.18 Å². The van der Waals surface area contributed by atoms with E-state index in [1.165, 1.54) is 6.08 Å². The van der Waals surface area contributed by atoms with Crippen molar-refractivity contribution in [2.45, 2.75) is 0 Å². The molecule has 0 bridgehead atoms. The Kier molecular flexibility index (Phi) is 4.03. The third-order valence-electron chi connectivity index (χ3n) is 1.36. The van der Waals surface area contributed by atoms with Crippen molar-refractivity contribution in [3.63, 3.8) is 0 Å². The fourth-order valence-corrected chi connectivity index (χ4v) is 1.02. The van der Waals surface area contributed by atoms with Crippen molar-refractivity contribution >= 4 is 23.4 Å². The molecule has 0 saturated carbocycles. The van der Waals surface area contributed by atoms with E-state index in [2.05, 4.69) is 4.18 Å². The van der Waals surface area contributed by atoms with Crippen molar-refractivity contribution in [2.24, 2.45) is 0 Å². The van der Waals surface area contributed by atoms with E-state index in [0.717, 1.165) is 11.6 Å². The first-order valence-corrected chi connectivity index (χ1v) is 4.78. The Morgan fingerprint density at radius 2 is 2.00 bits per heavy atom. The van der Waals surface area contributed by atoms with E-state index in [-0.39, 0.29) is 0 Å². The molecule has 1 unspecified atom stereocenters. The summed E-state index contributed by atoms with van der Waals surface area (Å²) in [7, 11) is 0. The van der Waals surface area contributed by atoms with E-state index >= 15 is 0 Å². The minimum absolute atomic E-state index is 0.813. The van der Waals surface area contributed by atoms with Crippen molar-refractivity contribution in [3.05, 3.63) is 42.0 Å². The standard InChI is InChI=1S/C9H8O4S/c10-9(13-14(11)12)7-6-8-4-2-1-3-5-8/h1-7H,(H,11,12)/b7-6+. The first-order chi connectivity index (χ1) is 6.68. The monoisotopic (exact) mass is 212 g/mol. The van der Waals surface area contributed by atoms with Crippen LogP contribution in [0.1, 0.15) is 5.56 Å². The number of hydrogen-bond acceptors (Lipinski definition) is 3. The SMILES string of the molecule is O=C(/C=C/c1ccccc1)OS(=O)O. The van der Waals surface area contributed by atoms with E-state index in [4.69, 9.17) is 4.55 Å². The Balaban J connectivity index is 2.56. The molecule has 0 aliphatic heterocycles. The first-order valence-electron chi connectivity index (χ1n) is 3.75. The molecule has 5 heteroatoms. The highest BCUT2D eigenvalue weighted by molar-refractivity contribution is 7.74. The van der Waals surface area contributed by atoms with Crippen LogP contribution in [-0.2, 0) is 20.3 Å². The number of hydrogen-bond donors (Lipinski definition) is 1. The second kappa shape index (κ2) is 5.31. The maximum atomic E-state index is 10.8. The van der Waals surface area contributed by atoms with Gasteiger partial charge in [0.25, 0.3) is 0 Å². The van der Waals surface area contributed by atoms with Crippen LogP contribution < -0.4 is 0 Å². The highest BCUT2D eigenvalue weighted by atomic mass is 32.2. The molecule has 74 valence electrons. The topological polar surface area (TPSA) is 63.6 Å². The molecule has 0 aliphatic rings. The summed E-state index contributed by atoms with van der Waals surface area (Å²) in [5, 5.41) is 0. The van der Waals surface area contributed by atoms with Gasteiger partial charge in [0.15, 0.2) is 0 Å². The largest absolute Gasteiger partial charge is 0.360 e. The molecule has 1 aromatic rings. The molecule has 0 aliphatic carbocycles. The molecule has 0 saturated heterocycles. The van der Waals surface area contributed by atoms with Crippen molar-refractivity contribution in [1.82, 2.24) is 0 Å². The Bertz CT molecular complexity index is 358. The number of rotatable bonds is 3. The number of benzene rings is 1. The van der Waals surface area contributed by atoms with Crippen LogP contribution in [0.25, 0.3) is 6.08 Å². The van der Waals surface area contributed by atoms with Crippen LogP contribution in [0.3, 0.4) is 0 Å². The molecule has 0 spiro atoms. The highest BCUT2D eigenvalue weighted by Crippen LogP contribution is 2.01. The van der Waals surface area contributed by atoms with Crippen LogP contribution in [0.15, 0.2) is 36.4 Å². The van der Waals surface area contributed by atoms with Crippen LogP contribution in [0, 0.1) is 0 Å². The lowest BCUT2D eigenvalue weighted by Crippen LogP contribution is -2.02. The highest BCUT2D eigenvalue weighted by Gasteiger charge is 2.00. The first kappa shape index (κ1) is 10.6. The minimum atomic E-state index is -2.55. The Labute approximate surface area is 83.7 Å². The summed E-state index contributed by atoms with van der Waals surface area (Å²) >= 11 is -2.55. The van der Waals surface area contributed by atoms with E-state index in [9.17, 15) is 9.00 Å². The van der Waals surface area contributed by atoms with Crippen LogP contribution >= 0.6 is 0 Å². The van der Waals surface area contributed by atoms with Crippen LogP contribution in [0.4, 0.5) is 0 Å². The summed E-state index contributed by atoms with van der Waals surface area (Å²) in [5.41, 5.74) is 0.813. The molecule has 1 rings (SSSR count). The summed E-state index contributed by atoms with van der Waals surface area (Å²) < 4.78 is 22.2. The summed E-state index contributed by atoms with van der Waals surface area (Å²) in [4.78, 5) is 10.8. The summed E-state index contributed by atoms with van der Waals surface area (Å²) in [5.74, 6) is -0.852. The van der Waals surface area contributed by atoms with Gasteiger partial charge in [0.05, 0.1) is 0 Å². The van der Waals surface area contributed by atoms with Gasteiger partial charge >= 0.3 is 17.3 Å². The third-order valence-corrected chi connectivity index (χ3v) is 1.67. The summed E-state index contributed by atoms with van der Waals surface area (Å²) in [6, 6.07) is 9.06. The van der Waals surface area contributed by atoms with Gasteiger partial charge in [-0.1, -0.05) is 30.3 Å². The lowest BCUT2D eigenvalue weighted by Gasteiger charge is -1.92. The molecule has 4 nitrogen and oxygen atoms in total. The molecule has 0 heterocycles. The molecule has 0 fully saturated rings. The lowest BCUT2D eigenvalue weighted by molar-refractivity contribution is -0.128. The quantitative estimate of drug-likeness (QED) is 0.607. The molecule has 0 amide bonds. The Morgan fingerprint density at radius 1 is 1.36 bits per heavy atom.